The molecule has 0 bridgehead atoms. The average Bonchev–Trinajstić information content (AvgIpc) is 2.98. The predicted octanol–water partition coefficient (Wildman–Crippen LogP) is 4.05. The van der Waals surface area contributed by atoms with Crippen LogP contribution in [0.25, 0.3) is 16.5 Å². The molecule has 1 aromatic heterocycles. The highest BCUT2D eigenvalue weighted by Crippen LogP contribution is 2.39. The highest BCUT2D eigenvalue weighted by Gasteiger charge is 2.20. The first-order chi connectivity index (χ1) is 11.8. The maximum atomic E-state index is 6.22. The van der Waals surface area contributed by atoms with Crippen LogP contribution in [-0.4, -0.2) is 24.6 Å². The molecular weight excluding hydrogens is 320 g/mol. The average molecular weight is 339 g/mol. The monoisotopic (exact) mass is 338 g/mol. The molecule has 4 rings (SSSR count). The first-order valence-corrected chi connectivity index (χ1v) is 8.44. The number of aromatic amines is 1. The highest BCUT2D eigenvalue weighted by molar-refractivity contribution is 6.31. The summed E-state index contributed by atoms with van der Waals surface area (Å²) in [5.41, 5.74) is 11.3. The zero-order valence-electron chi connectivity index (χ0n) is 13.2. The molecule has 24 heavy (non-hydrogen) atoms. The summed E-state index contributed by atoms with van der Waals surface area (Å²) < 4.78 is 0. The lowest BCUT2D eigenvalue weighted by Crippen LogP contribution is -2.13. The fourth-order valence-electron chi connectivity index (χ4n) is 3.21. The van der Waals surface area contributed by atoms with E-state index in [-0.39, 0.29) is 0 Å². The molecule has 1 aliphatic heterocycles. The van der Waals surface area contributed by atoms with Crippen LogP contribution in [0.15, 0.2) is 48.5 Å². The van der Waals surface area contributed by atoms with Gasteiger partial charge in [-0.2, -0.15) is 0 Å². The molecule has 0 aliphatic carbocycles. The third-order valence-corrected chi connectivity index (χ3v) is 4.50. The van der Waals surface area contributed by atoms with Crippen LogP contribution in [0.1, 0.15) is 11.1 Å². The number of anilines is 2. The minimum absolute atomic E-state index is 0.613. The van der Waals surface area contributed by atoms with Gasteiger partial charge in [0.25, 0.3) is 0 Å². The van der Waals surface area contributed by atoms with Crippen LogP contribution in [-0.2, 0) is 0 Å². The summed E-state index contributed by atoms with van der Waals surface area (Å²) in [6, 6.07) is 14.4. The number of halogens is 1. The van der Waals surface area contributed by atoms with Crippen LogP contribution in [0.4, 0.5) is 11.5 Å². The second-order valence-corrected chi connectivity index (χ2v) is 6.30. The lowest BCUT2D eigenvalue weighted by molar-refractivity contribution is 1.02. The summed E-state index contributed by atoms with van der Waals surface area (Å²) in [4.78, 5) is 3.45. The summed E-state index contributed by atoms with van der Waals surface area (Å²) in [5.74, 6) is 1.05. The maximum Gasteiger partial charge on any atom is 0.112 e. The van der Waals surface area contributed by atoms with Crippen LogP contribution in [0.3, 0.4) is 0 Å². The number of hydrogen-bond acceptors (Lipinski definition) is 3. The molecule has 2 heterocycles. The lowest BCUT2D eigenvalue weighted by atomic mass is 9.94. The van der Waals surface area contributed by atoms with Gasteiger partial charge < -0.3 is 21.4 Å². The fraction of sp³-hybridized carbons (Fsp3) is 0.158. The van der Waals surface area contributed by atoms with Crippen molar-refractivity contribution < 1.29 is 0 Å². The van der Waals surface area contributed by atoms with E-state index < -0.39 is 0 Å². The molecule has 0 atom stereocenters. The second-order valence-electron chi connectivity index (χ2n) is 5.86. The van der Waals surface area contributed by atoms with Gasteiger partial charge in [-0.15, -0.1) is 0 Å². The smallest absolute Gasteiger partial charge is 0.112 e. The van der Waals surface area contributed by atoms with Crippen LogP contribution < -0.4 is 16.4 Å². The van der Waals surface area contributed by atoms with Crippen molar-refractivity contribution in [2.75, 3.05) is 30.3 Å². The van der Waals surface area contributed by atoms with Gasteiger partial charge in [-0.3, -0.25) is 0 Å². The van der Waals surface area contributed by atoms with Crippen molar-refractivity contribution in [3.05, 3.63) is 64.7 Å². The van der Waals surface area contributed by atoms with E-state index in [1.165, 1.54) is 16.7 Å². The third-order valence-electron chi connectivity index (χ3n) is 4.26. The maximum absolute atomic E-state index is 6.22. The molecule has 122 valence electrons. The number of H-pyrrole nitrogens is 1. The molecule has 5 heteroatoms. The number of aromatic nitrogens is 1. The molecule has 1 aliphatic rings. The quantitative estimate of drug-likeness (QED) is 0.580. The Labute approximate surface area is 145 Å². The van der Waals surface area contributed by atoms with E-state index in [1.54, 1.807) is 0 Å². The van der Waals surface area contributed by atoms with Gasteiger partial charge in [-0.05, 0) is 41.5 Å². The fourth-order valence-corrected chi connectivity index (χ4v) is 3.38. The molecule has 2 aromatic carbocycles. The molecule has 0 amide bonds. The zero-order chi connectivity index (χ0) is 16.5. The third kappa shape index (κ3) is 2.64. The Balaban J connectivity index is 1.82. The van der Waals surface area contributed by atoms with E-state index in [0.717, 1.165) is 40.5 Å². The number of rotatable bonds is 4. The minimum atomic E-state index is 0.613. The predicted molar refractivity (Wildman–Crippen MR) is 103 cm³/mol. The van der Waals surface area contributed by atoms with Crippen LogP contribution in [0.5, 0.6) is 0 Å². The molecule has 0 saturated heterocycles. The molecule has 0 unspecified atom stereocenters. The van der Waals surface area contributed by atoms with Gasteiger partial charge in [-0.25, -0.2) is 0 Å². The summed E-state index contributed by atoms with van der Waals surface area (Å²) in [7, 11) is 0. The summed E-state index contributed by atoms with van der Waals surface area (Å²) >= 11 is 6.22. The molecule has 4 nitrogen and oxygen atoms in total. The molecule has 0 radical (unpaired) electrons. The van der Waals surface area contributed by atoms with Gasteiger partial charge in [0.05, 0.1) is 0 Å². The molecular formula is C19H19ClN4. The van der Waals surface area contributed by atoms with Crippen molar-refractivity contribution in [1.29, 1.82) is 0 Å². The van der Waals surface area contributed by atoms with Crippen LogP contribution in [0.2, 0.25) is 5.02 Å². The normalized spacial score (nSPS) is 13.3. The van der Waals surface area contributed by atoms with Crippen molar-refractivity contribution in [3.8, 4) is 0 Å². The lowest BCUT2D eigenvalue weighted by Gasteiger charge is -2.17. The highest BCUT2D eigenvalue weighted by atomic mass is 35.5. The molecule has 0 spiro atoms. The van der Waals surface area contributed by atoms with Crippen molar-refractivity contribution in [1.82, 2.24) is 4.98 Å². The SMILES string of the molecule is NCCNc1cccc(C2=CCNc3[nH]c4ccc(Cl)cc4c32)c1. The van der Waals surface area contributed by atoms with Crippen molar-refractivity contribution in [3.63, 3.8) is 0 Å². The number of benzene rings is 2. The Morgan fingerprint density at radius 1 is 1.17 bits per heavy atom. The number of nitrogens with two attached hydrogens (primary N) is 1. The number of hydrogen-bond donors (Lipinski definition) is 4. The Bertz CT molecular complexity index is 926. The topological polar surface area (TPSA) is 65.9 Å². The minimum Gasteiger partial charge on any atom is -0.384 e. The summed E-state index contributed by atoms with van der Waals surface area (Å²) in [6.07, 6.45) is 2.22. The van der Waals surface area contributed by atoms with E-state index in [0.29, 0.717) is 6.54 Å². The largest absolute Gasteiger partial charge is 0.384 e. The Morgan fingerprint density at radius 2 is 2.08 bits per heavy atom. The van der Waals surface area contributed by atoms with Gasteiger partial charge in [-0.1, -0.05) is 29.8 Å². The van der Waals surface area contributed by atoms with Gasteiger partial charge in [0.2, 0.25) is 0 Å². The van der Waals surface area contributed by atoms with E-state index in [2.05, 4.69) is 46.0 Å². The first-order valence-electron chi connectivity index (χ1n) is 8.06. The number of nitrogens with one attached hydrogen (secondary N) is 3. The van der Waals surface area contributed by atoms with Crippen molar-refractivity contribution >= 4 is 39.6 Å². The standard InChI is InChI=1S/C19H19ClN4/c20-13-4-5-17-16(11-13)18-15(6-8-23-19(18)24-17)12-2-1-3-14(10-12)22-9-7-21/h1-6,10-11,22-24H,7-9,21H2. The molecule has 0 fully saturated rings. The van der Waals surface area contributed by atoms with Crippen molar-refractivity contribution in [2.24, 2.45) is 5.73 Å². The van der Waals surface area contributed by atoms with Gasteiger partial charge in [0, 0.05) is 46.8 Å². The Kier molecular flexibility index (Phi) is 3.92. The van der Waals surface area contributed by atoms with E-state index >= 15 is 0 Å². The zero-order valence-corrected chi connectivity index (χ0v) is 14.0. The summed E-state index contributed by atoms with van der Waals surface area (Å²) in [5, 5.41) is 8.63. The Morgan fingerprint density at radius 3 is 2.96 bits per heavy atom. The van der Waals surface area contributed by atoms with E-state index in [9.17, 15) is 0 Å². The molecule has 3 aromatic rings. The van der Waals surface area contributed by atoms with Crippen LogP contribution in [0, 0.1) is 0 Å². The molecule has 5 N–H and O–H groups in total. The van der Waals surface area contributed by atoms with Crippen molar-refractivity contribution in [2.45, 2.75) is 0 Å². The second kappa shape index (κ2) is 6.23. The Hall–Kier alpha value is -2.43. The number of fused-ring (bicyclic) bond motifs is 3. The first kappa shape index (κ1) is 15.1. The van der Waals surface area contributed by atoms with Gasteiger partial charge in [0.15, 0.2) is 0 Å². The molecule has 0 saturated carbocycles. The van der Waals surface area contributed by atoms with Gasteiger partial charge in [0.1, 0.15) is 5.82 Å². The van der Waals surface area contributed by atoms with E-state index in [1.807, 2.05) is 18.2 Å². The van der Waals surface area contributed by atoms with E-state index in [4.69, 9.17) is 17.3 Å². The van der Waals surface area contributed by atoms with Crippen LogP contribution >= 0.6 is 11.6 Å². The summed E-state index contributed by atoms with van der Waals surface area (Å²) in [6.45, 7) is 2.17. The van der Waals surface area contributed by atoms with Gasteiger partial charge >= 0.3 is 0 Å².